The molecule has 3 heterocycles. The minimum atomic E-state index is -0.806. The predicted molar refractivity (Wildman–Crippen MR) is 165 cm³/mol. The van der Waals surface area contributed by atoms with E-state index in [4.69, 9.17) is 9.47 Å². The van der Waals surface area contributed by atoms with E-state index in [0.29, 0.717) is 9.81 Å². The topological polar surface area (TPSA) is 72.9 Å². The molecule has 0 fully saturated rings. The van der Waals surface area contributed by atoms with E-state index in [1.54, 1.807) is 13.8 Å². The minimum absolute atomic E-state index is 0.0354. The van der Waals surface area contributed by atoms with E-state index in [9.17, 15) is 14.4 Å². The third-order valence-electron chi connectivity index (χ3n) is 6.89. The average molecular weight is 594 g/mol. The van der Waals surface area contributed by atoms with Crippen molar-refractivity contribution in [2.24, 2.45) is 0 Å². The van der Waals surface area contributed by atoms with Crippen molar-refractivity contribution in [3.63, 3.8) is 0 Å². The molecule has 0 saturated heterocycles. The van der Waals surface area contributed by atoms with E-state index >= 15 is 0 Å². The molecular weight excluding hydrogens is 563 g/mol. The Bertz CT molecular complexity index is 1480. The Balaban J connectivity index is 1.68. The van der Waals surface area contributed by atoms with Gasteiger partial charge in [0.2, 0.25) is 5.91 Å². The number of hydrogen-bond donors (Lipinski definition) is 0. The van der Waals surface area contributed by atoms with Gasteiger partial charge in [-0.1, -0.05) is 65.5 Å². The van der Waals surface area contributed by atoms with Gasteiger partial charge < -0.3 is 14.4 Å². The smallest absolute Gasteiger partial charge is 0.345 e. The number of esters is 2. The highest BCUT2D eigenvalue weighted by atomic mass is 32.2. The number of amides is 1. The molecule has 0 unspecified atom stereocenters. The number of thioether (sulfide) groups is 3. The number of ether oxygens (including phenoxy) is 2. The van der Waals surface area contributed by atoms with Crippen LogP contribution < -0.4 is 4.90 Å². The Morgan fingerprint density at radius 1 is 0.925 bits per heavy atom. The van der Waals surface area contributed by atoms with E-state index in [0.717, 1.165) is 32.9 Å². The molecule has 6 nitrogen and oxygen atoms in total. The van der Waals surface area contributed by atoms with Crippen LogP contribution in [0.25, 0.3) is 5.57 Å². The number of fused-ring (bicyclic) bond motifs is 3. The second-order valence-corrected chi connectivity index (χ2v) is 13.8. The predicted octanol–water partition coefficient (Wildman–Crippen LogP) is 6.85. The second-order valence-electron chi connectivity index (χ2n) is 10.1. The maximum atomic E-state index is 14.1. The molecule has 40 heavy (non-hydrogen) atoms. The van der Waals surface area contributed by atoms with Gasteiger partial charge in [-0.15, -0.1) is 11.8 Å². The lowest BCUT2D eigenvalue weighted by atomic mass is 9.84. The Kier molecular flexibility index (Phi) is 8.01. The number of carbonyl (C=O) groups is 3. The quantitative estimate of drug-likeness (QED) is 0.337. The van der Waals surface area contributed by atoms with Crippen molar-refractivity contribution in [2.75, 3.05) is 18.1 Å². The van der Waals surface area contributed by atoms with Gasteiger partial charge in [0.1, 0.15) is 8.98 Å². The molecule has 1 amide bonds. The molecule has 1 atom stereocenters. The molecule has 9 heteroatoms. The fourth-order valence-corrected chi connectivity index (χ4v) is 9.59. The second kappa shape index (κ2) is 11.2. The van der Waals surface area contributed by atoms with Crippen molar-refractivity contribution in [1.82, 2.24) is 0 Å². The molecule has 0 radical (unpaired) electrons. The van der Waals surface area contributed by atoms with Crippen molar-refractivity contribution < 1.29 is 23.9 Å². The van der Waals surface area contributed by atoms with E-state index in [1.807, 2.05) is 79.6 Å². The Labute approximate surface area is 247 Å². The number of hydrogen-bond acceptors (Lipinski definition) is 8. The molecule has 3 aliphatic heterocycles. The van der Waals surface area contributed by atoms with Crippen LogP contribution in [0.1, 0.15) is 44.4 Å². The van der Waals surface area contributed by atoms with Crippen molar-refractivity contribution in [3.05, 3.63) is 91.4 Å². The largest absolute Gasteiger partial charge is 0.462 e. The molecule has 0 aliphatic carbocycles. The summed E-state index contributed by atoms with van der Waals surface area (Å²) in [7, 11) is 0. The summed E-state index contributed by atoms with van der Waals surface area (Å²) in [6.45, 7) is 10.1. The Hall–Kier alpha value is -2.88. The number of anilines is 1. The van der Waals surface area contributed by atoms with E-state index in [1.165, 1.54) is 35.3 Å². The van der Waals surface area contributed by atoms with Crippen LogP contribution >= 0.6 is 35.3 Å². The first-order valence-corrected chi connectivity index (χ1v) is 15.7. The Morgan fingerprint density at radius 2 is 1.60 bits per heavy atom. The van der Waals surface area contributed by atoms with Gasteiger partial charge in [0, 0.05) is 16.0 Å². The van der Waals surface area contributed by atoms with E-state index in [2.05, 4.69) is 6.07 Å². The number of rotatable bonds is 6. The summed E-state index contributed by atoms with van der Waals surface area (Å²) < 4.78 is 9.94. The number of aryl methyl sites for hydroxylation is 1. The van der Waals surface area contributed by atoms with Crippen LogP contribution in [0.5, 0.6) is 0 Å². The van der Waals surface area contributed by atoms with E-state index < -0.39 is 15.6 Å². The maximum Gasteiger partial charge on any atom is 0.345 e. The van der Waals surface area contributed by atoms with Gasteiger partial charge in [-0.3, -0.25) is 4.79 Å². The van der Waals surface area contributed by atoms with Crippen LogP contribution in [0.3, 0.4) is 0 Å². The van der Waals surface area contributed by atoms with Gasteiger partial charge in [-0.05, 0) is 63.8 Å². The third kappa shape index (κ3) is 5.03. The minimum Gasteiger partial charge on any atom is -0.462 e. The summed E-state index contributed by atoms with van der Waals surface area (Å²) in [5.41, 5.74) is 3.91. The summed E-state index contributed by atoms with van der Waals surface area (Å²) in [5, 5.41) is 1.82. The van der Waals surface area contributed by atoms with Crippen LogP contribution in [0.2, 0.25) is 0 Å². The van der Waals surface area contributed by atoms with Crippen molar-refractivity contribution >= 4 is 64.4 Å². The van der Waals surface area contributed by atoms with Gasteiger partial charge in [0.25, 0.3) is 0 Å². The van der Waals surface area contributed by atoms with Gasteiger partial charge in [-0.2, -0.15) is 0 Å². The van der Waals surface area contributed by atoms with Crippen molar-refractivity contribution in [1.29, 1.82) is 0 Å². The maximum absolute atomic E-state index is 14.1. The lowest BCUT2D eigenvalue weighted by molar-refractivity contribution is -0.138. The number of nitrogens with zero attached hydrogens (tertiary/aromatic N) is 1. The first-order chi connectivity index (χ1) is 19.1. The third-order valence-corrected chi connectivity index (χ3v) is 11.1. The summed E-state index contributed by atoms with van der Waals surface area (Å²) in [5.74, 6) is -0.841. The highest BCUT2D eigenvalue weighted by Crippen LogP contribution is 2.66. The Morgan fingerprint density at radius 3 is 2.27 bits per heavy atom. The monoisotopic (exact) mass is 593 g/mol. The summed E-state index contributed by atoms with van der Waals surface area (Å²) in [6, 6.07) is 15.8. The van der Waals surface area contributed by atoms with E-state index in [-0.39, 0.29) is 31.5 Å². The van der Waals surface area contributed by atoms with Crippen LogP contribution in [-0.2, 0) is 30.3 Å². The fourth-order valence-electron chi connectivity index (χ4n) is 5.20. The zero-order valence-electron chi connectivity index (χ0n) is 23.1. The standard InChI is InChI=1S/C31H31NO5S3/c1-6-36-28(34)23-17-31(38-18-24(40-31)29(35)37-7-2)26-21-15-19(3)13-14-22(21)32(30(4,5)27(26)39-23)25(33)16-20-11-9-8-10-12-20/h8-15,17-18H,6-7,16H2,1-5H3/t31-/m1/s1. The average Bonchev–Trinajstić information content (AvgIpc) is 3.33. The lowest BCUT2D eigenvalue weighted by Gasteiger charge is -2.50. The molecule has 208 valence electrons. The molecular formula is C31H31NO5S3. The van der Waals surface area contributed by atoms with Crippen LogP contribution in [0.4, 0.5) is 5.69 Å². The first-order valence-electron chi connectivity index (χ1n) is 13.2. The molecule has 1 spiro atoms. The van der Waals surface area contributed by atoms with Crippen LogP contribution in [0, 0.1) is 6.92 Å². The van der Waals surface area contributed by atoms with Gasteiger partial charge >= 0.3 is 11.9 Å². The number of benzene rings is 2. The van der Waals surface area contributed by atoms with Gasteiger partial charge in [-0.25, -0.2) is 9.59 Å². The normalized spacial score (nSPS) is 20.9. The number of carbonyl (C=O) groups excluding carboxylic acids is 3. The molecule has 0 aromatic heterocycles. The van der Waals surface area contributed by atoms with Crippen LogP contribution in [0.15, 0.2) is 74.7 Å². The molecule has 3 aliphatic rings. The molecule has 2 aromatic rings. The molecule has 0 saturated carbocycles. The molecule has 0 N–H and O–H groups in total. The van der Waals surface area contributed by atoms with Gasteiger partial charge in [0.05, 0.1) is 35.8 Å². The highest BCUT2D eigenvalue weighted by Gasteiger charge is 2.54. The van der Waals surface area contributed by atoms with Gasteiger partial charge in [0.15, 0.2) is 0 Å². The zero-order valence-corrected chi connectivity index (χ0v) is 25.6. The summed E-state index contributed by atoms with van der Waals surface area (Å²) in [6.07, 6.45) is 2.16. The summed E-state index contributed by atoms with van der Waals surface area (Å²) in [4.78, 5) is 43.7. The van der Waals surface area contributed by atoms with Crippen LogP contribution in [-0.4, -0.2) is 40.7 Å². The first kappa shape index (κ1) is 28.6. The zero-order chi connectivity index (χ0) is 28.7. The molecule has 2 aromatic carbocycles. The summed E-state index contributed by atoms with van der Waals surface area (Å²) >= 11 is 4.21. The SMILES string of the molecule is CCOC(=O)C1=C[C@]2(SC=C(C(=O)OCC)S2)C2=C(S1)C(C)(C)N(C(=O)Cc1ccccc1)c1ccc(C)cc12. The van der Waals surface area contributed by atoms with Crippen molar-refractivity contribution in [3.8, 4) is 0 Å². The fraction of sp³-hybridized carbons (Fsp3) is 0.323. The van der Waals surface area contributed by atoms with Crippen molar-refractivity contribution in [2.45, 2.75) is 50.7 Å². The molecule has 0 bridgehead atoms. The lowest BCUT2D eigenvalue weighted by Crippen LogP contribution is -2.53. The molecule has 5 rings (SSSR count). The highest BCUT2D eigenvalue weighted by molar-refractivity contribution is 8.25.